The lowest BCUT2D eigenvalue weighted by atomic mass is 10.4. The van der Waals surface area contributed by atoms with Crippen LogP contribution < -0.4 is 0 Å². The minimum Gasteiger partial charge on any atom is -0.437 e. The van der Waals surface area contributed by atoms with Crippen LogP contribution in [0.4, 0.5) is 0 Å². The van der Waals surface area contributed by atoms with Crippen LogP contribution in [0, 0.1) is 0 Å². The third-order valence-corrected chi connectivity index (χ3v) is 10.3. The van der Waals surface area contributed by atoms with Crippen LogP contribution in [0.15, 0.2) is 0 Å². The average molecular weight is 281 g/mol. The summed E-state index contributed by atoms with van der Waals surface area (Å²) >= 11 is 0. The molecule has 0 bridgehead atoms. The zero-order valence-corrected chi connectivity index (χ0v) is 15.0. The molecule has 0 spiro atoms. The van der Waals surface area contributed by atoms with E-state index in [0.717, 1.165) is 12.8 Å². The van der Waals surface area contributed by atoms with E-state index in [-0.39, 0.29) is 5.73 Å². The predicted octanol–water partition coefficient (Wildman–Crippen LogP) is 2.61. The largest absolute Gasteiger partial charge is 0.437 e. The van der Waals surface area contributed by atoms with Crippen molar-refractivity contribution in [3.63, 3.8) is 0 Å². The fourth-order valence-corrected chi connectivity index (χ4v) is 9.37. The summed E-state index contributed by atoms with van der Waals surface area (Å²) in [6, 6.07) is 0. The van der Waals surface area contributed by atoms with Crippen LogP contribution >= 0.6 is 0 Å². The van der Waals surface area contributed by atoms with Crippen molar-refractivity contribution in [2.75, 3.05) is 0 Å². The smallest absolute Gasteiger partial charge is 0.330 e. The van der Waals surface area contributed by atoms with Gasteiger partial charge in [-0.25, -0.2) is 0 Å². The zero-order valence-electron chi connectivity index (χ0n) is 11.8. The average Bonchev–Trinajstić information content (AvgIpc) is 1.97. The van der Waals surface area contributed by atoms with E-state index in [9.17, 15) is 5.11 Å². The van der Waals surface area contributed by atoms with Crippen molar-refractivity contribution in [3.8, 4) is 0 Å². The quantitative estimate of drug-likeness (QED) is 0.729. The van der Waals surface area contributed by atoms with Gasteiger partial charge in [-0.1, -0.05) is 13.3 Å². The lowest BCUT2D eigenvalue weighted by Gasteiger charge is -2.33. The van der Waals surface area contributed by atoms with E-state index >= 15 is 0 Å². The molecule has 0 amide bonds. The van der Waals surface area contributed by atoms with Gasteiger partial charge < -0.3 is 13.3 Å². The molecule has 3 nitrogen and oxygen atoms in total. The molecule has 0 saturated heterocycles. The highest BCUT2D eigenvalue weighted by Gasteiger charge is 2.33. The van der Waals surface area contributed by atoms with Crippen LogP contribution in [0.5, 0.6) is 0 Å². The van der Waals surface area contributed by atoms with Gasteiger partial charge in [0.15, 0.2) is 16.6 Å². The first-order valence-corrected chi connectivity index (χ1v) is 14.5. The molecule has 0 fully saturated rings. The van der Waals surface area contributed by atoms with Crippen LogP contribution in [0.25, 0.3) is 0 Å². The molecule has 16 heavy (non-hydrogen) atoms. The van der Waals surface area contributed by atoms with E-state index < -0.39 is 25.9 Å². The van der Waals surface area contributed by atoms with Gasteiger partial charge in [-0.15, -0.1) is 0 Å². The van der Waals surface area contributed by atoms with E-state index in [1.165, 1.54) is 0 Å². The molecule has 1 unspecified atom stereocenters. The summed E-state index contributed by atoms with van der Waals surface area (Å²) in [6.45, 7) is 15.0. The molecule has 98 valence electrons. The van der Waals surface area contributed by atoms with Gasteiger partial charge in [-0.3, -0.25) is 0 Å². The Bertz CT molecular complexity index is 182. The Morgan fingerprint density at radius 1 is 1.00 bits per heavy atom. The summed E-state index contributed by atoms with van der Waals surface area (Å²) in [5.74, 6) is 0. The van der Waals surface area contributed by atoms with Crippen molar-refractivity contribution in [2.45, 2.75) is 64.8 Å². The lowest BCUT2D eigenvalue weighted by molar-refractivity contribution is 0.193. The molecule has 0 aromatic rings. The fourth-order valence-electron chi connectivity index (χ4n) is 1.31. The van der Waals surface area contributed by atoms with Gasteiger partial charge in [-0.05, 0) is 45.7 Å². The molecule has 0 rings (SSSR count). The molecule has 0 aliphatic heterocycles. The number of rotatable bonds is 7. The van der Waals surface area contributed by atoms with Gasteiger partial charge in [0.1, 0.15) is 0 Å². The maximum absolute atomic E-state index is 10.1. The van der Waals surface area contributed by atoms with Crippen molar-refractivity contribution in [1.29, 1.82) is 0 Å². The SMILES string of the molecule is CCCC(O)[SiH](O[Si](C)(C)C)O[Si](C)(C)C. The summed E-state index contributed by atoms with van der Waals surface area (Å²) < 4.78 is 12.1. The van der Waals surface area contributed by atoms with E-state index in [0.29, 0.717) is 0 Å². The Morgan fingerprint density at radius 3 is 1.62 bits per heavy atom. The van der Waals surface area contributed by atoms with Crippen molar-refractivity contribution in [3.05, 3.63) is 0 Å². The van der Waals surface area contributed by atoms with Crippen molar-refractivity contribution in [1.82, 2.24) is 0 Å². The maximum Gasteiger partial charge on any atom is 0.330 e. The Kier molecular flexibility index (Phi) is 6.67. The van der Waals surface area contributed by atoms with Crippen LogP contribution in [0.2, 0.25) is 39.3 Å². The Morgan fingerprint density at radius 2 is 1.38 bits per heavy atom. The molecule has 0 heterocycles. The molecule has 0 aliphatic carbocycles. The molecule has 1 N–H and O–H groups in total. The second kappa shape index (κ2) is 6.46. The van der Waals surface area contributed by atoms with Crippen molar-refractivity contribution in [2.24, 2.45) is 0 Å². The fraction of sp³-hybridized carbons (Fsp3) is 1.00. The van der Waals surface area contributed by atoms with Gasteiger partial charge in [0.25, 0.3) is 0 Å². The second-order valence-corrected chi connectivity index (χ2v) is 18.0. The van der Waals surface area contributed by atoms with E-state index in [1.54, 1.807) is 0 Å². The Labute approximate surface area is 104 Å². The summed E-state index contributed by atoms with van der Waals surface area (Å²) in [5.41, 5.74) is -0.358. The van der Waals surface area contributed by atoms with E-state index in [4.69, 9.17) is 8.23 Å². The monoisotopic (exact) mass is 280 g/mol. The van der Waals surface area contributed by atoms with Crippen LogP contribution in [-0.4, -0.2) is 36.8 Å². The molecule has 0 aliphatic rings. The molecule has 0 aromatic heterocycles. The summed E-state index contributed by atoms with van der Waals surface area (Å²) in [4.78, 5) is 0. The molecule has 0 radical (unpaired) electrons. The van der Waals surface area contributed by atoms with Gasteiger partial charge in [-0.2, -0.15) is 0 Å². The first-order valence-electron chi connectivity index (χ1n) is 6.09. The maximum atomic E-state index is 10.1. The normalized spacial score (nSPS) is 15.6. The second-order valence-electron chi connectivity index (χ2n) is 6.18. The van der Waals surface area contributed by atoms with Gasteiger partial charge in [0.05, 0.1) is 5.73 Å². The van der Waals surface area contributed by atoms with E-state index in [2.05, 4.69) is 46.2 Å². The van der Waals surface area contributed by atoms with Crippen molar-refractivity contribution >= 4 is 25.9 Å². The highest BCUT2D eigenvalue weighted by Crippen LogP contribution is 2.16. The van der Waals surface area contributed by atoms with Gasteiger partial charge in [0, 0.05) is 0 Å². The van der Waals surface area contributed by atoms with Gasteiger partial charge in [0.2, 0.25) is 0 Å². The zero-order chi connectivity index (χ0) is 13.0. The number of hydrogen-bond acceptors (Lipinski definition) is 3. The highest BCUT2D eigenvalue weighted by molar-refractivity contribution is 6.81. The molecule has 1 atom stereocenters. The molecular weight excluding hydrogens is 252 g/mol. The first kappa shape index (κ1) is 16.5. The minimum absolute atomic E-state index is 0.358. The molecule has 0 saturated carbocycles. The molecule has 6 heteroatoms. The highest BCUT2D eigenvalue weighted by atomic mass is 28.4. The van der Waals surface area contributed by atoms with E-state index in [1.807, 2.05) is 0 Å². The molecular formula is C10H28O3Si3. The number of aliphatic hydroxyl groups excluding tert-OH is 1. The number of hydrogen-bond donors (Lipinski definition) is 1. The Balaban J connectivity index is 4.51. The summed E-state index contributed by atoms with van der Waals surface area (Å²) in [6.07, 6.45) is 1.78. The number of aliphatic hydroxyl groups is 1. The van der Waals surface area contributed by atoms with Crippen molar-refractivity contribution < 1.29 is 13.3 Å². The van der Waals surface area contributed by atoms with Gasteiger partial charge >= 0.3 is 9.28 Å². The standard InChI is InChI=1S/C10H28O3Si3/c1-8-9-10(11)14(12-15(2,3)4)13-16(5,6)7/h10-11,14H,8-9H2,1-7H3. The van der Waals surface area contributed by atoms with Crippen LogP contribution in [-0.2, 0) is 8.23 Å². The lowest BCUT2D eigenvalue weighted by Crippen LogP contribution is -2.49. The Hall–Kier alpha value is 0.531. The first-order chi connectivity index (χ1) is 7.05. The predicted molar refractivity (Wildman–Crippen MR) is 76.9 cm³/mol. The van der Waals surface area contributed by atoms with Crippen LogP contribution in [0.3, 0.4) is 0 Å². The van der Waals surface area contributed by atoms with Crippen LogP contribution in [0.1, 0.15) is 19.8 Å². The topological polar surface area (TPSA) is 38.7 Å². The summed E-state index contributed by atoms with van der Waals surface area (Å²) in [7, 11) is -5.14. The third kappa shape index (κ3) is 8.66. The molecule has 0 aromatic carbocycles. The minimum atomic E-state index is -1.92. The third-order valence-electron chi connectivity index (χ3n) is 1.84. The summed E-state index contributed by atoms with van der Waals surface area (Å²) in [5, 5.41) is 10.1.